The van der Waals surface area contributed by atoms with Crippen molar-refractivity contribution in [1.82, 2.24) is 16.0 Å². The molecule has 12 fully saturated rings. The van der Waals surface area contributed by atoms with Crippen LogP contribution in [0.25, 0.3) is 0 Å². The number of aliphatic hydroxyl groups is 32. The van der Waals surface area contributed by atoms with Crippen molar-refractivity contribution in [2.24, 2.45) is 0 Å². The van der Waals surface area contributed by atoms with E-state index in [1.807, 2.05) is 0 Å². The third-order valence-electron chi connectivity index (χ3n) is 25.9. The molecule has 3 amide bonds. The standard InChI is InChI=1S/C77H129N3O58/c1-16-34(92)44(102)52(110)71(118-16)132-59-28(13-88)127-68(33(80-20(5)91)61(59)134-74-54(112)47(105)37(95)22(7-82)122-74)137-64-49(107)39(97)24(9-84)125-76(64)136-63-42(100)30(15-117-70-56(114)62(135-75-55(113)48(106)38(96)23(8-83)123-75)41(99)29(128-70)14-116-69-51(109)46(104)36(94)21(6-81)121-69)129-77(65(63)138-73-50(108)40(98)25(10-85)124-73)130-57-26(11-86)126-67(31(43(57)101)78-18(3)89)131-58-27(12-87)120-66(115)32(79-19(4)90)60(58)133-72-53(111)45(103)35(93)17(2)119-72/h16-17,21-77,81-88,92-115H,6-15H2,1-5H3,(H,78,89)(H,79,90)(H,80,91)/t16-,17-,21+,22+,23+,24+,25+,26+,27+,28+,29+,30+,31+,32+,33+,34+,35+,36+,37-,38+,39+,40-,41+,42+,43+,44+,45+,46-,47-,48-,49-,50+,51-,52-,53-,54+,55-,56-,57+,58+,59+,60+,61+,62-,63-,64-,65-,66?,67-,68-,69-,70-,71-,72-,73-,74-,75+,76+,77-/m0/s1. The first kappa shape index (κ1) is 113. The van der Waals surface area contributed by atoms with Crippen LogP contribution in [-0.4, -0.2) is 609 Å². The number of nitrogens with one attached hydrogen (secondary N) is 3. The number of carbonyl (C=O) groups is 3. The van der Waals surface area contributed by atoms with Gasteiger partial charge in [0.05, 0.1) is 78.3 Å². The zero-order valence-corrected chi connectivity index (χ0v) is 74.1. The molecule has 12 aliphatic heterocycles. The van der Waals surface area contributed by atoms with Crippen LogP contribution < -0.4 is 16.0 Å². The van der Waals surface area contributed by atoms with Crippen LogP contribution in [0.5, 0.6) is 0 Å². The summed E-state index contributed by atoms with van der Waals surface area (Å²) in [7, 11) is 0. The summed E-state index contributed by atoms with van der Waals surface area (Å²) in [6.45, 7) is -6.82. The lowest BCUT2D eigenvalue weighted by molar-refractivity contribution is -0.411. The number of aliphatic hydroxyl groups excluding tert-OH is 32. The predicted molar refractivity (Wildman–Crippen MR) is 421 cm³/mol. The van der Waals surface area contributed by atoms with Gasteiger partial charge in [-0.05, 0) is 13.8 Å². The first-order chi connectivity index (χ1) is 65.3. The average molecular weight is 2020 g/mol. The Morgan fingerprint density at radius 1 is 0.203 bits per heavy atom. The van der Waals surface area contributed by atoms with Crippen molar-refractivity contribution in [3.8, 4) is 0 Å². The predicted octanol–water partition coefficient (Wildman–Crippen LogP) is -24.0. The van der Waals surface area contributed by atoms with Gasteiger partial charge >= 0.3 is 0 Å². The van der Waals surface area contributed by atoms with Gasteiger partial charge in [0.2, 0.25) is 17.7 Å². The number of hydrogen-bond acceptors (Lipinski definition) is 58. The van der Waals surface area contributed by atoms with E-state index in [9.17, 15) is 178 Å². The summed E-state index contributed by atoms with van der Waals surface area (Å²) in [6.07, 6.45) is -122. The van der Waals surface area contributed by atoms with Gasteiger partial charge in [0, 0.05) is 20.8 Å². The summed E-state index contributed by atoms with van der Waals surface area (Å²) in [5.41, 5.74) is 0. The van der Waals surface area contributed by atoms with E-state index in [0.717, 1.165) is 20.8 Å². The summed E-state index contributed by atoms with van der Waals surface area (Å²) in [5, 5.41) is 368. The lowest BCUT2D eigenvalue weighted by Crippen LogP contribution is -2.72. The molecular weight excluding hydrogens is 1890 g/mol. The summed E-state index contributed by atoms with van der Waals surface area (Å²) >= 11 is 0. The first-order valence-corrected chi connectivity index (χ1v) is 44.3. The Morgan fingerprint density at radius 3 is 0.906 bits per heavy atom. The van der Waals surface area contributed by atoms with Crippen molar-refractivity contribution in [1.29, 1.82) is 0 Å². The van der Waals surface area contributed by atoms with E-state index in [4.69, 9.17) is 109 Å². The van der Waals surface area contributed by atoms with Crippen LogP contribution in [0, 0.1) is 0 Å². The van der Waals surface area contributed by atoms with Crippen molar-refractivity contribution in [3.05, 3.63) is 0 Å². The zero-order valence-electron chi connectivity index (χ0n) is 74.1. The number of hydrogen-bond donors (Lipinski definition) is 35. The Labute approximate surface area is 781 Å². The molecule has 138 heavy (non-hydrogen) atoms. The van der Waals surface area contributed by atoms with Crippen LogP contribution in [0.1, 0.15) is 34.6 Å². The summed E-state index contributed by atoms with van der Waals surface area (Å²) in [4.78, 5) is 40.3. The van der Waals surface area contributed by atoms with E-state index in [-0.39, 0.29) is 0 Å². The fraction of sp³-hybridized carbons (Fsp3) is 0.961. The van der Waals surface area contributed by atoms with Crippen LogP contribution in [0.4, 0.5) is 0 Å². The smallest absolute Gasteiger partial charge is 0.217 e. The van der Waals surface area contributed by atoms with Gasteiger partial charge in [0.1, 0.15) is 274 Å². The maximum atomic E-state index is 13.8. The van der Waals surface area contributed by atoms with Gasteiger partial charge in [0.15, 0.2) is 75.5 Å². The second-order valence-electron chi connectivity index (χ2n) is 35.4. The first-order valence-electron chi connectivity index (χ1n) is 44.3. The van der Waals surface area contributed by atoms with Crippen LogP contribution in [-0.2, 0) is 123 Å². The van der Waals surface area contributed by atoms with Gasteiger partial charge in [-0.25, -0.2) is 0 Å². The molecule has 0 aliphatic carbocycles. The summed E-state index contributed by atoms with van der Waals surface area (Å²) < 4.78 is 140. The minimum atomic E-state index is -2.72. The highest BCUT2D eigenvalue weighted by Gasteiger charge is 2.64. The fourth-order valence-corrected chi connectivity index (χ4v) is 18.1. The maximum absolute atomic E-state index is 13.8. The zero-order chi connectivity index (χ0) is 101. The Balaban J connectivity index is 0.964. The molecule has 0 radical (unpaired) electrons. The molecule has 0 saturated carbocycles. The van der Waals surface area contributed by atoms with Gasteiger partial charge in [-0.15, -0.1) is 0 Å². The Morgan fingerprint density at radius 2 is 0.464 bits per heavy atom. The fourth-order valence-electron chi connectivity index (χ4n) is 18.1. The molecule has 61 heteroatoms. The molecule has 0 bridgehead atoms. The Bertz CT molecular complexity index is 3760. The van der Waals surface area contributed by atoms with Crippen molar-refractivity contribution in [3.63, 3.8) is 0 Å². The van der Waals surface area contributed by atoms with E-state index >= 15 is 0 Å². The quantitative estimate of drug-likeness (QED) is 0.0280. The van der Waals surface area contributed by atoms with Gasteiger partial charge < -0.3 is 288 Å². The van der Waals surface area contributed by atoms with Crippen molar-refractivity contribution in [2.75, 3.05) is 66.1 Å². The molecule has 1 unspecified atom stereocenters. The summed E-state index contributed by atoms with van der Waals surface area (Å²) in [6, 6.07) is -6.20. The molecule has 12 heterocycles. The van der Waals surface area contributed by atoms with Gasteiger partial charge in [0.25, 0.3) is 0 Å². The van der Waals surface area contributed by atoms with E-state index in [1.165, 1.54) is 13.8 Å². The monoisotopic (exact) mass is 2020 g/mol. The van der Waals surface area contributed by atoms with Crippen LogP contribution in [0.2, 0.25) is 0 Å². The second kappa shape index (κ2) is 48.9. The lowest BCUT2D eigenvalue weighted by Gasteiger charge is -2.52. The number of carbonyl (C=O) groups excluding carboxylic acids is 3. The SMILES string of the molecule is CC(=O)N[C@H]1[C@H](O[C@H]2[C@H](O[C@@H]3O[C@@H](C)[C@@H](O)[C@@H](O)[C@@H]3O)[C@@H](NC(C)=O)C(O)O[C@@H]2CO)O[C@H](CO)[C@@H](O[C@@H]2O[C@H](CO[C@H]3O[C@H](CO[C@H]4O[C@H](CO)[C@@H](O)[C@H](O)[C@@H]4O)[C@@H](O)[C@H](O[C@H]4O[C@H](CO)[C@@H](O)[C@H](O)[C@@H]4O)[C@@H]3O)[C@@H](O)[C@H](O[C@H]3O[C@H](CO)[C@@H](O)[C@H](O)[C@@H]3O[C@@H]3O[C@H](CO)[C@@H](O[C@@H]4O[C@@H](C)[C@@H](O)[C@@H](O)[C@@H]4O)[C@H](O[C@@H]4O[C@H](CO)[C@H](O)[C@H](O)[C@H]4O)[C@H]3NC(C)=O)[C@@H]2O[C@@H]2O[C@H](CO)[C@H](O)[C@H]2O)[C@@H]1O. The van der Waals surface area contributed by atoms with E-state index in [2.05, 4.69) is 16.0 Å². The van der Waals surface area contributed by atoms with Crippen molar-refractivity contribution >= 4 is 17.7 Å². The van der Waals surface area contributed by atoms with Crippen molar-refractivity contribution in [2.45, 2.75) is 397 Å². The molecule has 12 rings (SSSR count). The minimum absolute atomic E-state index is 0.864. The molecule has 0 spiro atoms. The Hall–Kier alpha value is -3.79. The number of ether oxygens (including phenoxy) is 23. The minimum Gasteiger partial charge on any atom is -0.394 e. The molecule has 59 atom stereocenters. The Kier molecular flexibility index (Phi) is 40.0. The van der Waals surface area contributed by atoms with Gasteiger partial charge in [-0.2, -0.15) is 0 Å². The molecule has 0 aromatic carbocycles. The molecule has 12 aliphatic rings. The summed E-state index contributed by atoms with van der Waals surface area (Å²) in [5.74, 6) is -3.08. The highest BCUT2D eigenvalue weighted by molar-refractivity contribution is 5.74. The van der Waals surface area contributed by atoms with Crippen molar-refractivity contribution < 1.29 is 287 Å². The van der Waals surface area contributed by atoms with E-state index in [1.54, 1.807) is 0 Å². The largest absolute Gasteiger partial charge is 0.394 e. The number of amides is 3. The third kappa shape index (κ3) is 24.3. The van der Waals surface area contributed by atoms with Crippen LogP contribution in [0.15, 0.2) is 0 Å². The molecular formula is C77H129N3O58. The molecule has 800 valence electrons. The number of rotatable bonds is 35. The molecule has 0 aromatic heterocycles. The van der Waals surface area contributed by atoms with Gasteiger partial charge in [-0.1, -0.05) is 0 Å². The van der Waals surface area contributed by atoms with E-state index < -0.39 is 446 Å². The highest BCUT2D eigenvalue weighted by atomic mass is 16.8. The molecule has 12 saturated heterocycles. The molecule has 61 nitrogen and oxygen atoms in total. The second-order valence-corrected chi connectivity index (χ2v) is 35.4. The lowest BCUT2D eigenvalue weighted by atomic mass is 9.93. The topological polar surface area (TPSA) is 947 Å². The van der Waals surface area contributed by atoms with Crippen LogP contribution in [0.3, 0.4) is 0 Å². The average Bonchev–Trinajstić information content (AvgIpc) is 1.16. The highest BCUT2D eigenvalue weighted by Crippen LogP contribution is 2.44. The van der Waals surface area contributed by atoms with Crippen LogP contribution >= 0.6 is 0 Å². The third-order valence-corrected chi connectivity index (χ3v) is 25.9. The van der Waals surface area contributed by atoms with Gasteiger partial charge in [-0.3, -0.25) is 14.4 Å². The van der Waals surface area contributed by atoms with E-state index in [0.29, 0.717) is 0 Å². The normalized spacial score (nSPS) is 51.5. The molecule has 35 N–H and O–H groups in total. The maximum Gasteiger partial charge on any atom is 0.217 e. The molecule has 0 aromatic rings.